The summed E-state index contributed by atoms with van der Waals surface area (Å²) < 4.78 is 4.60. The quantitative estimate of drug-likeness (QED) is 0.326. The van der Waals surface area contributed by atoms with Gasteiger partial charge < -0.3 is 25.7 Å². The van der Waals surface area contributed by atoms with E-state index in [4.69, 9.17) is 10.8 Å². The van der Waals surface area contributed by atoms with Crippen molar-refractivity contribution in [3.05, 3.63) is 35.9 Å². The van der Waals surface area contributed by atoms with Crippen molar-refractivity contribution < 1.29 is 29.0 Å². The number of nitrogens with two attached hydrogens (primary N) is 1. The van der Waals surface area contributed by atoms with Gasteiger partial charge in [-0.3, -0.25) is 9.59 Å². The van der Waals surface area contributed by atoms with Crippen LogP contribution in [0, 0.1) is 0 Å². The minimum absolute atomic E-state index is 0.143. The van der Waals surface area contributed by atoms with E-state index in [2.05, 4.69) is 10.1 Å². The Morgan fingerprint density at radius 3 is 2.43 bits per heavy atom. The van der Waals surface area contributed by atoms with E-state index in [1.807, 2.05) is 0 Å². The molecule has 8 heteroatoms. The van der Waals surface area contributed by atoms with Gasteiger partial charge in [-0.25, -0.2) is 4.79 Å². The van der Waals surface area contributed by atoms with Crippen molar-refractivity contribution in [1.29, 1.82) is 0 Å². The summed E-state index contributed by atoms with van der Waals surface area (Å²) in [5.41, 5.74) is 4.09. The fourth-order valence-electron chi connectivity index (χ4n) is 1.98. The minimum atomic E-state index is -1.97. The number of ether oxygens (including phenoxy) is 1. The number of aldehydes is 1. The number of hydrogen-bond donors (Lipinski definition) is 3. The number of carboxylic acids is 1. The summed E-state index contributed by atoms with van der Waals surface area (Å²) in [6.45, 7) is 0. The molecule has 0 fully saturated rings. The first-order valence-electron chi connectivity index (χ1n) is 6.72. The van der Waals surface area contributed by atoms with Crippen LogP contribution in [0.1, 0.15) is 12.0 Å². The molecule has 0 aromatic heterocycles. The van der Waals surface area contributed by atoms with E-state index in [0.29, 0.717) is 5.56 Å². The van der Waals surface area contributed by atoms with Gasteiger partial charge in [0.1, 0.15) is 0 Å². The lowest BCUT2D eigenvalue weighted by Crippen LogP contribution is -2.61. The second-order valence-electron chi connectivity index (χ2n) is 4.94. The monoisotopic (exact) mass is 322 g/mol. The highest BCUT2D eigenvalue weighted by Crippen LogP contribution is 2.14. The lowest BCUT2D eigenvalue weighted by Gasteiger charge is -2.27. The first kappa shape index (κ1) is 18.3. The number of hydrogen-bond acceptors (Lipinski definition) is 6. The van der Waals surface area contributed by atoms with Crippen LogP contribution in [-0.2, 0) is 30.3 Å². The fourth-order valence-corrected chi connectivity index (χ4v) is 1.98. The molecule has 1 rings (SSSR count). The number of carbonyl (C=O) groups excluding carboxylic acids is 3. The molecule has 2 unspecified atom stereocenters. The van der Waals surface area contributed by atoms with Crippen molar-refractivity contribution in [3.63, 3.8) is 0 Å². The number of nitrogens with one attached hydrogen (secondary N) is 1. The molecule has 0 radical (unpaired) electrons. The Hall–Kier alpha value is -2.74. The van der Waals surface area contributed by atoms with Crippen molar-refractivity contribution in [2.45, 2.75) is 24.4 Å². The maximum Gasteiger partial charge on any atom is 0.339 e. The summed E-state index contributed by atoms with van der Waals surface area (Å²) in [7, 11) is 1.08. The van der Waals surface area contributed by atoms with Gasteiger partial charge in [-0.2, -0.15) is 0 Å². The van der Waals surface area contributed by atoms with Crippen LogP contribution in [0.5, 0.6) is 0 Å². The molecular formula is C15H18N2O6. The maximum absolute atomic E-state index is 12.0. The zero-order valence-electron chi connectivity index (χ0n) is 12.5. The lowest BCUT2D eigenvalue weighted by molar-refractivity contribution is -0.153. The molecule has 0 aliphatic carbocycles. The van der Waals surface area contributed by atoms with E-state index >= 15 is 0 Å². The molecule has 8 nitrogen and oxygen atoms in total. The summed E-state index contributed by atoms with van der Waals surface area (Å²) in [6, 6.07) is 7.12. The molecule has 0 aliphatic rings. The molecule has 23 heavy (non-hydrogen) atoms. The molecule has 0 heterocycles. The van der Waals surface area contributed by atoms with E-state index < -0.39 is 35.8 Å². The van der Waals surface area contributed by atoms with Crippen LogP contribution in [0.15, 0.2) is 30.3 Å². The number of carbonyl (C=O) groups is 4. The molecule has 0 saturated carbocycles. The SMILES string of the molecule is COC(=O)C(C=O)(Cc1ccccc1)NC(=O)C(N)CC(=O)O. The zero-order chi connectivity index (χ0) is 17.5. The van der Waals surface area contributed by atoms with Gasteiger partial charge >= 0.3 is 11.9 Å². The van der Waals surface area contributed by atoms with Crippen LogP contribution in [0.4, 0.5) is 0 Å². The highest BCUT2D eigenvalue weighted by atomic mass is 16.5. The van der Waals surface area contributed by atoms with Gasteiger partial charge in [0, 0.05) is 6.42 Å². The Morgan fingerprint density at radius 1 is 1.35 bits per heavy atom. The molecule has 124 valence electrons. The number of benzene rings is 1. The number of esters is 1. The number of rotatable bonds is 8. The maximum atomic E-state index is 12.0. The molecule has 0 aliphatic heterocycles. The minimum Gasteiger partial charge on any atom is -0.481 e. The van der Waals surface area contributed by atoms with Gasteiger partial charge in [0.15, 0.2) is 11.8 Å². The normalized spacial score (nSPS) is 14.2. The molecule has 0 bridgehead atoms. The van der Waals surface area contributed by atoms with Crippen LogP contribution >= 0.6 is 0 Å². The van der Waals surface area contributed by atoms with Crippen LogP contribution in [0.3, 0.4) is 0 Å². The summed E-state index contributed by atoms with van der Waals surface area (Å²) in [5.74, 6) is -3.17. The van der Waals surface area contributed by atoms with Gasteiger partial charge in [-0.1, -0.05) is 30.3 Å². The summed E-state index contributed by atoms with van der Waals surface area (Å²) >= 11 is 0. The summed E-state index contributed by atoms with van der Waals surface area (Å²) in [4.78, 5) is 46.2. The van der Waals surface area contributed by atoms with Gasteiger partial charge in [-0.05, 0) is 5.56 Å². The molecule has 0 saturated heterocycles. The molecule has 0 spiro atoms. The highest BCUT2D eigenvalue weighted by molar-refractivity contribution is 6.03. The predicted molar refractivity (Wildman–Crippen MR) is 79.3 cm³/mol. The van der Waals surface area contributed by atoms with Gasteiger partial charge in [-0.15, -0.1) is 0 Å². The van der Waals surface area contributed by atoms with Crippen molar-refractivity contribution >= 4 is 24.1 Å². The van der Waals surface area contributed by atoms with Gasteiger partial charge in [0.2, 0.25) is 5.91 Å². The third kappa shape index (κ3) is 4.89. The van der Waals surface area contributed by atoms with Gasteiger partial charge in [0.05, 0.1) is 19.6 Å². The first-order valence-corrected chi connectivity index (χ1v) is 6.72. The Kier molecular flexibility index (Phi) is 6.40. The Morgan fingerprint density at radius 2 is 1.96 bits per heavy atom. The average molecular weight is 322 g/mol. The van der Waals surface area contributed by atoms with E-state index in [1.54, 1.807) is 30.3 Å². The second kappa shape index (κ2) is 8.04. The van der Waals surface area contributed by atoms with E-state index in [9.17, 15) is 19.2 Å². The first-order chi connectivity index (χ1) is 10.8. The standard InChI is InChI=1S/C15H18N2O6/c1-23-14(22)15(9-18,8-10-5-3-2-4-6-10)17-13(21)11(16)7-12(19)20/h2-6,9,11H,7-8,16H2,1H3,(H,17,21)(H,19,20). The molecule has 1 aromatic rings. The lowest BCUT2D eigenvalue weighted by atomic mass is 9.91. The second-order valence-corrected chi connectivity index (χ2v) is 4.94. The third-order valence-corrected chi connectivity index (χ3v) is 3.15. The van der Waals surface area contributed by atoms with E-state index in [-0.39, 0.29) is 12.7 Å². The van der Waals surface area contributed by atoms with E-state index in [0.717, 1.165) is 7.11 Å². The number of methoxy groups -OCH3 is 1. The van der Waals surface area contributed by atoms with Crippen LogP contribution in [0.25, 0.3) is 0 Å². The third-order valence-electron chi connectivity index (χ3n) is 3.15. The summed E-state index contributed by atoms with van der Waals surface area (Å²) in [5, 5.41) is 10.9. The van der Waals surface area contributed by atoms with Crippen molar-refractivity contribution in [1.82, 2.24) is 5.32 Å². The Labute approximate surface area is 132 Å². The van der Waals surface area contributed by atoms with Crippen molar-refractivity contribution in [2.75, 3.05) is 7.11 Å². The largest absolute Gasteiger partial charge is 0.481 e. The smallest absolute Gasteiger partial charge is 0.339 e. The molecule has 4 N–H and O–H groups in total. The number of amides is 1. The van der Waals surface area contributed by atoms with Crippen LogP contribution in [0.2, 0.25) is 0 Å². The molecule has 1 amide bonds. The number of aliphatic carboxylic acids is 1. The van der Waals surface area contributed by atoms with Crippen LogP contribution < -0.4 is 11.1 Å². The van der Waals surface area contributed by atoms with E-state index in [1.165, 1.54) is 0 Å². The fraction of sp³-hybridized carbons (Fsp3) is 0.333. The van der Waals surface area contributed by atoms with Gasteiger partial charge in [0.25, 0.3) is 0 Å². The van der Waals surface area contributed by atoms with Crippen molar-refractivity contribution in [3.8, 4) is 0 Å². The number of carboxylic acid groups (broad SMARTS) is 1. The Balaban J connectivity index is 3.04. The topological polar surface area (TPSA) is 136 Å². The molecule has 2 atom stereocenters. The molecular weight excluding hydrogens is 304 g/mol. The summed E-state index contributed by atoms with van der Waals surface area (Å²) in [6.07, 6.45) is -0.514. The predicted octanol–water partition coefficient (Wildman–Crippen LogP) is -0.742. The Bertz CT molecular complexity index is 589. The van der Waals surface area contributed by atoms with Crippen molar-refractivity contribution in [2.24, 2.45) is 5.73 Å². The highest BCUT2D eigenvalue weighted by Gasteiger charge is 2.42. The van der Waals surface area contributed by atoms with Crippen LogP contribution in [-0.4, -0.2) is 47.9 Å². The molecule has 1 aromatic carbocycles. The zero-order valence-corrected chi connectivity index (χ0v) is 12.5. The average Bonchev–Trinajstić information content (AvgIpc) is 2.53.